The molecule has 1 aromatic rings. The van der Waals surface area contributed by atoms with E-state index in [4.69, 9.17) is 16.3 Å². The molecule has 3 nitrogen and oxygen atoms in total. The smallest absolute Gasteiger partial charge is 0.257 e. The predicted octanol–water partition coefficient (Wildman–Crippen LogP) is 2.95. The van der Waals surface area contributed by atoms with E-state index in [1.165, 1.54) is 7.11 Å². The van der Waals surface area contributed by atoms with Crippen molar-refractivity contribution in [3.63, 3.8) is 0 Å². The van der Waals surface area contributed by atoms with E-state index in [9.17, 15) is 13.6 Å². The molecule has 0 saturated carbocycles. The molecule has 0 aromatic heterocycles. The Morgan fingerprint density at radius 3 is 2.68 bits per heavy atom. The summed E-state index contributed by atoms with van der Waals surface area (Å²) in [5, 5.41) is 0. The van der Waals surface area contributed by atoms with Crippen molar-refractivity contribution in [2.75, 3.05) is 26.1 Å². The fourth-order valence-corrected chi connectivity index (χ4v) is 1.91. The standard InChI is InChI=1S/C13H16ClF2NO2/c1-9-3-4-11(19-2)10(7-9)13(18)17(6-5-14)8-12(15)16/h3-4,7,12H,5-6,8H2,1-2H3. The van der Waals surface area contributed by atoms with E-state index in [1.54, 1.807) is 18.2 Å². The molecular formula is C13H16ClF2NO2. The lowest BCUT2D eigenvalue weighted by atomic mass is 10.1. The van der Waals surface area contributed by atoms with Crippen LogP contribution in [-0.2, 0) is 0 Å². The summed E-state index contributed by atoms with van der Waals surface area (Å²) in [5.74, 6) is -0.0296. The van der Waals surface area contributed by atoms with Gasteiger partial charge in [0.05, 0.1) is 19.2 Å². The van der Waals surface area contributed by atoms with Crippen LogP contribution in [0.15, 0.2) is 18.2 Å². The highest BCUT2D eigenvalue weighted by Gasteiger charge is 2.22. The number of rotatable bonds is 6. The van der Waals surface area contributed by atoms with Gasteiger partial charge in [-0.05, 0) is 19.1 Å². The molecule has 0 bridgehead atoms. The van der Waals surface area contributed by atoms with E-state index in [0.29, 0.717) is 5.75 Å². The second-order valence-electron chi connectivity index (χ2n) is 4.03. The number of benzene rings is 1. The summed E-state index contributed by atoms with van der Waals surface area (Å²) in [5.41, 5.74) is 1.13. The van der Waals surface area contributed by atoms with Crippen molar-refractivity contribution in [1.29, 1.82) is 0 Å². The Bertz CT molecular complexity index is 441. The first-order valence-corrected chi connectivity index (χ1v) is 6.31. The van der Waals surface area contributed by atoms with Crippen molar-refractivity contribution in [2.24, 2.45) is 0 Å². The monoisotopic (exact) mass is 291 g/mol. The Labute approximate surface area is 116 Å². The number of ether oxygens (including phenoxy) is 1. The molecule has 0 spiro atoms. The van der Waals surface area contributed by atoms with Crippen LogP contribution < -0.4 is 4.74 Å². The van der Waals surface area contributed by atoms with Crippen molar-refractivity contribution in [2.45, 2.75) is 13.3 Å². The largest absolute Gasteiger partial charge is 0.496 e. The fraction of sp³-hybridized carbons (Fsp3) is 0.462. The number of carbonyl (C=O) groups is 1. The molecule has 0 fully saturated rings. The average molecular weight is 292 g/mol. The normalized spacial score (nSPS) is 10.6. The lowest BCUT2D eigenvalue weighted by Crippen LogP contribution is -2.36. The molecule has 0 saturated heterocycles. The average Bonchev–Trinajstić information content (AvgIpc) is 2.37. The van der Waals surface area contributed by atoms with E-state index in [0.717, 1.165) is 10.5 Å². The first-order chi connectivity index (χ1) is 8.99. The number of halogens is 3. The molecule has 0 radical (unpaired) electrons. The van der Waals surface area contributed by atoms with Crippen LogP contribution in [0.2, 0.25) is 0 Å². The molecule has 0 unspecified atom stereocenters. The first kappa shape index (κ1) is 15.7. The Balaban J connectivity index is 3.04. The van der Waals surface area contributed by atoms with Crippen LogP contribution in [-0.4, -0.2) is 43.3 Å². The number of hydrogen-bond donors (Lipinski definition) is 0. The predicted molar refractivity (Wildman–Crippen MR) is 70.4 cm³/mol. The zero-order valence-electron chi connectivity index (χ0n) is 10.8. The molecule has 1 aromatic carbocycles. The Morgan fingerprint density at radius 2 is 2.16 bits per heavy atom. The zero-order valence-corrected chi connectivity index (χ0v) is 11.6. The molecule has 106 valence electrons. The van der Waals surface area contributed by atoms with Crippen molar-refractivity contribution in [3.8, 4) is 5.75 Å². The molecule has 0 aliphatic rings. The molecule has 0 aliphatic carbocycles. The third-order valence-electron chi connectivity index (χ3n) is 2.59. The van der Waals surface area contributed by atoms with Gasteiger partial charge in [0.1, 0.15) is 5.75 Å². The summed E-state index contributed by atoms with van der Waals surface area (Å²) in [6.07, 6.45) is -2.59. The number of carbonyl (C=O) groups excluding carboxylic acids is 1. The number of nitrogens with zero attached hydrogens (tertiary/aromatic N) is 1. The summed E-state index contributed by atoms with van der Waals surface area (Å²) in [4.78, 5) is 13.3. The molecule has 1 amide bonds. The van der Waals surface area contributed by atoms with Gasteiger partial charge in [-0.1, -0.05) is 11.6 Å². The van der Waals surface area contributed by atoms with Crippen LogP contribution in [0.3, 0.4) is 0 Å². The van der Waals surface area contributed by atoms with Crippen molar-refractivity contribution in [3.05, 3.63) is 29.3 Å². The van der Waals surface area contributed by atoms with E-state index >= 15 is 0 Å². The third kappa shape index (κ3) is 4.35. The van der Waals surface area contributed by atoms with E-state index in [-0.39, 0.29) is 18.0 Å². The van der Waals surface area contributed by atoms with Gasteiger partial charge in [0, 0.05) is 12.4 Å². The maximum atomic E-state index is 12.5. The molecule has 0 aliphatic heterocycles. The number of alkyl halides is 3. The maximum Gasteiger partial charge on any atom is 0.257 e. The maximum absolute atomic E-state index is 12.5. The van der Waals surface area contributed by atoms with Crippen molar-refractivity contribution in [1.82, 2.24) is 4.90 Å². The van der Waals surface area contributed by atoms with Gasteiger partial charge in [-0.25, -0.2) is 8.78 Å². The van der Waals surface area contributed by atoms with Gasteiger partial charge < -0.3 is 9.64 Å². The number of hydrogen-bond acceptors (Lipinski definition) is 2. The van der Waals surface area contributed by atoms with E-state index in [1.807, 2.05) is 6.92 Å². The van der Waals surface area contributed by atoms with Gasteiger partial charge in [0.15, 0.2) is 0 Å². The first-order valence-electron chi connectivity index (χ1n) is 5.77. The summed E-state index contributed by atoms with van der Waals surface area (Å²) in [6, 6.07) is 5.05. The number of aryl methyl sites for hydroxylation is 1. The summed E-state index contributed by atoms with van der Waals surface area (Å²) in [6.45, 7) is 1.25. The summed E-state index contributed by atoms with van der Waals surface area (Å²) < 4.78 is 30.0. The molecule has 0 N–H and O–H groups in total. The molecule has 1 rings (SSSR count). The highest BCUT2D eigenvalue weighted by Crippen LogP contribution is 2.21. The van der Waals surface area contributed by atoms with Crippen LogP contribution in [0, 0.1) is 6.92 Å². The Morgan fingerprint density at radius 1 is 1.47 bits per heavy atom. The van der Waals surface area contributed by atoms with Gasteiger partial charge >= 0.3 is 0 Å². The Kier molecular flexibility index (Phi) is 6.02. The van der Waals surface area contributed by atoms with Crippen molar-refractivity contribution < 1.29 is 18.3 Å². The van der Waals surface area contributed by atoms with Gasteiger partial charge in [-0.3, -0.25) is 4.79 Å². The lowest BCUT2D eigenvalue weighted by molar-refractivity contribution is 0.0568. The lowest BCUT2D eigenvalue weighted by Gasteiger charge is -2.22. The Hall–Kier alpha value is -1.36. The highest BCUT2D eigenvalue weighted by molar-refractivity contribution is 6.18. The van der Waals surface area contributed by atoms with Gasteiger partial charge in [-0.2, -0.15) is 0 Å². The van der Waals surface area contributed by atoms with E-state index in [2.05, 4.69) is 0 Å². The summed E-state index contributed by atoms with van der Waals surface area (Å²) in [7, 11) is 1.43. The van der Waals surface area contributed by atoms with Gasteiger partial charge in [-0.15, -0.1) is 11.6 Å². The molecule has 6 heteroatoms. The minimum Gasteiger partial charge on any atom is -0.496 e. The van der Waals surface area contributed by atoms with Crippen LogP contribution >= 0.6 is 11.6 Å². The van der Waals surface area contributed by atoms with Crippen LogP contribution in [0.25, 0.3) is 0 Å². The molecular weight excluding hydrogens is 276 g/mol. The molecule has 0 heterocycles. The van der Waals surface area contributed by atoms with E-state index < -0.39 is 18.9 Å². The quantitative estimate of drug-likeness (QED) is 0.754. The highest BCUT2D eigenvalue weighted by atomic mass is 35.5. The second kappa shape index (κ2) is 7.28. The second-order valence-corrected chi connectivity index (χ2v) is 4.41. The van der Waals surface area contributed by atoms with Crippen LogP contribution in [0.4, 0.5) is 8.78 Å². The van der Waals surface area contributed by atoms with Crippen LogP contribution in [0.1, 0.15) is 15.9 Å². The SMILES string of the molecule is COc1ccc(C)cc1C(=O)N(CCCl)CC(F)F. The third-order valence-corrected chi connectivity index (χ3v) is 2.75. The van der Waals surface area contributed by atoms with Gasteiger partial charge in [0.2, 0.25) is 0 Å². The van der Waals surface area contributed by atoms with Crippen LogP contribution in [0.5, 0.6) is 5.75 Å². The topological polar surface area (TPSA) is 29.5 Å². The molecule has 0 atom stereocenters. The fourth-order valence-electron chi connectivity index (χ4n) is 1.70. The minimum atomic E-state index is -2.59. The molecule has 19 heavy (non-hydrogen) atoms. The zero-order chi connectivity index (χ0) is 14.4. The van der Waals surface area contributed by atoms with Gasteiger partial charge in [0.25, 0.3) is 12.3 Å². The number of amides is 1. The minimum absolute atomic E-state index is 0.0713. The number of methoxy groups -OCH3 is 1. The van der Waals surface area contributed by atoms with Crippen molar-refractivity contribution >= 4 is 17.5 Å². The summed E-state index contributed by atoms with van der Waals surface area (Å²) >= 11 is 5.55.